The van der Waals surface area contributed by atoms with E-state index in [0.717, 1.165) is 19.5 Å². The minimum Gasteiger partial charge on any atom is -0.459 e. The van der Waals surface area contributed by atoms with Gasteiger partial charge in [0.05, 0.1) is 12.8 Å². The third-order valence-corrected chi connectivity index (χ3v) is 3.24. The predicted octanol–water partition coefficient (Wildman–Crippen LogP) is 1.12. The zero-order valence-electron chi connectivity index (χ0n) is 10.3. The van der Waals surface area contributed by atoms with Crippen molar-refractivity contribution in [2.24, 2.45) is 0 Å². The molecule has 2 aromatic rings. The monoisotopic (exact) mass is 248 g/mol. The van der Waals surface area contributed by atoms with Gasteiger partial charge in [0.25, 0.3) is 5.89 Å². The molecule has 0 saturated carbocycles. The predicted molar refractivity (Wildman–Crippen MR) is 64.7 cm³/mol. The molecule has 96 valence electrons. The molecule has 2 aromatic heterocycles. The molecule has 0 amide bonds. The van der Waals surface area contributed by atoms with Crippen molar-refractivity contribution in [3.05, 3.63) is 24.3 Å². The van der Waals surface area contributed by atoms with Crippen LogP contribution in [0.5, 0.6) is 0 Å². The summed E-state index contributed by atoms with van der Waals surface area (Å²) in [6.07, 6.45) is 2.76. The zero-order valence-corrected chi connectivity index (χ0v) is 10.3. The van der Waals surface area contributed by atoms with Crippen molar-refractivity contribution >= 4 is 0 Å². The van der Waals surface area contributed by atoms with Crippen molar-refractivity contribution in [1.82, 2.24) is 20.4 Å². The highest BCUT2D eigenvalue weighted by molar-refractivity contribution is 5.42. The largest absolute Gasteiger partial charge is 0.459 e. The highest BCUT2D eigenvalue weighted by Gasteiger charge is 2.21. The lowest BCUT2D eigenvalue weighted by Crippen LogP contribution is -2.32. The fraction of sp³-hybridized carbons (Fsp3) is 0.500. The van der Waals surface area contributed by atoms with Gasteiger partial charge in [-0.15, -0.1) is 10.2 Å². The Morgan fingerprint density at radius 3 is 3.17 bits per heavy atom. The van der Waals surface area contributed by atoms with Gasteiger partial charge in [0.15, 0.2) is 5.76 Å². The molecular weight excluding hydrogens is 232 g/mol. The molecule has 1 fully saturated rings. The number of hydrogen-bond acceptors (Lipinski definition) is 6. The average Bonchev–Trinajstić information content (AvgIpc) is 3.12. The van der Waals surface area contributed by atoms with Crippen LogP contribution in [0.3, 0.4) is 0 Å². The third kappa shape index (κ3) is 2.30. The van der Waals surface area contributed by atoms with Crippen LogP contribution in [0.2, 0.25) is 0 Å². The maximum absolute atomic E-state index is 5.58. The minimum absolute atomic E-state index is 0.438. The van der Waals surface area contributed by atoms with Gasteiger partial charge in [0.1, 0.15) is 0 Å². The van der Waals surface area contributed by atoms with E-state index in [2.05, 4.69) is 27.5 Å². The van der Waals surface area contributed by atoms with Crippen LogP contribution < -0.4 is 5.32 Å². The van der Waals surface area contributed by atoms with Gasteiger partial charge < -0.3 is 14.2 Å². The molecule has 3 rings (SSSR count). The minimum atomic E-state index is 0.438. The van der Waals surface area contributed by atoms with Gasteiger partial charge in [-0.25, -0.2) is 0 Å². The summed E-state index contributed by atoms with van der Waals surface area (Å²) >= 11 is 0. The number of likely N-dealkylation sites (N-methyl/N-ethyl adjacent to an activating group) is 1. The summed E-state index contributed by atoms with van der Waals surface area (Å²) in [4.78, 5) is 2.24. The van der Waals surface area contributed by atoms with E-state index in [0.29, 0.717) is 30.1 Å². The molecule has 1 N–H and O–H groups in total. The van der Waals surface area contributed by atoms with Gasteiger partial charge in [0, 0.05) is 12.6 Å². The van der Waals surface area contributed by atoms with Gasteiger partial charge in [0.2, 0.25) is 5.89 Å². The zero-order chi connectivity index (χ0) is 12.4. The summed E-state index contributed by atoms with van der Waals surface area (Å²) < 4.78 is 10.8. The van der Waals surface area contributed by atoms with E-state index in [9.17, 15) is 0 Å². The first-order valence-corrected chi connectivity index (χ1v) is 6.10. The van der Waals surface area contributed by atoms with E-state index >= 15 is 0 Å². The second-order valence-corrected chi connectivity index (χ2v) is 4.54. The van der Waals surface area contributed by atoms with Crippen LogP contribution in [0, 0.1) is 0 Å². The second kappa shape index (κ2) is 4.91. The first kappa shape index (κ1) is 11.4. The van der Waals surface area contributed by atoms with E-state index in [1.54, 1.807) is 12.3 Å². The van der Waals surface area contributed by atoms with Gasteiger partial charge >= 0.3 is 0 Å². The van der Waals surface area contributed by atoms with E-state index in [1.165, 1.54) is 0 Å². The molecule has 0 spiro atoms. The van der Waals surface area contributed by atoms with Crippen molar-refractivity contribution in [2.75, 3.05) is 20.1 Å². The molecule has 0 radical (unpaired) electrons. The molecule has 0 aromatic carbocycles. The van der Waals surface area contributed by atoms with Crippen molar-refractivity contribution in [3.8, 4) is 11.7 Å². The van der Waals surface area contributed by atoms with E-state index in [-0.39, 0.29) is 0 Å². The number of hydrogen-bond donors (Lipinski definition) is 1. The van der Waals surface area contributed by atoms with Crippen LogP contribution in [0.15, 0.2) is 27.2 Å². The SMILES string of the molecule is CN(Cc1nnc(-c2ccco2)o1)C1CCNC1. The smallest absolute Gasteiger partial charge is 0.283 e. The maximum atomic E-state index is 5.58. The second-order valence-electron chi connectivity index (χ2n) is 4.54. The van der Waals surface area contributed by atoms with Crippen LogP contribution in [0.25, 0.3) is 11.7 Å². The third-order valence-electron chi connectivity index (χ3n) is 3.24. The molecule has 1 aliphatic heterocycles. The molecule has 0 bridgehead atoms. The Bertz CT molecular complexity index is 488. The Morgan fingerprint density at radius 2 is 2.44 bits per heavy atom. The first-order chi connectivity index (χ1) is 8.83. The van der Waals surface area contributed by atoms with Gasteiger partial charge in [-0.1, -0.05) is 0 Å². The molecule has 6 heteroatoms. The Hall–Kier alpha value is -1.66. The Balaban J connectivity index is 1.66. The Labute approximate surface area is 105 Å². The van der Waals surface area contributed by atoms with E-state index in [4.69, 9.17) is 8.83 Å². The standard InChI is InChI=1S/C12H16N4O2/c1-16(9-4-5-13-7-9)8-11-14-15-12(18-11)10-3-2-6-17-10/h2-3,6,9,13H,4-5,7-8H2,1H3. The lowest BCUT2D eigenvalue weighted by atomic mass is 10.2. The molecule has 6 nitrogen and oxygen atoms in total. The topological polar surface area (TPSA) is 67.3 Å². The van der Waals surface area contributed by atoms with Crippen LogP contribution in [0.1, 0.15) is 12.3 Å². The van der Waals surface area contributed by atoms with Crippen LogP contribution in [-0.4, -0.2) is 41.3 Å². The maximum Gasteiger partial charge on any atom is 0.283 e. The summed E-state index contributed by atoms with van der Waals surface area (Å²) in [7, 11) is 2.08. The molecule has 18 heavy (non-hydrogen) atoms. The number of aromatic nitrogens is 2. The van der Waals surface area contributed by atoms with Gasteiger partial charge in [-0.3, -0.25) is 4.90 Å². The molecule has 1 aliphatic rings. The van der Waals surface area contributed by atoms with Crippen molar-refractivity contribution in [1.29, 1.82) is 0 Å². The summed E-state index contributed by atoms with van der Waals surface area (Å²) in [6, 6.07) is 4.15. The lowest BCUT2D eigenvalue weighted by molar-refractivity contribution is 0.225. The number of furan rings is 1. The molecule has 1 saturated heterocycles. The van der Waals surface area contributed by atoms with Crippen LogP contribution >= 0.6 is 0 Å². The Kier molecular flexibility index (Phi) is 3.12. The number of rotatable bonds is 4. The molecule has 1 atom stereocenters. The lowest BCUT2D eigenvalue weighted by Gasteiger charge is -2.21. The summed E-state index contributed by atoms with van der Waals surface area (Å²) in [5, 5.41) is 11.4. The van der Waals surface area contributed by atoms with Crippen molar-refractivity contribution in [2.45, 2.75) is 19.0 Å². The van der Waals surface area contributed by atoms with E-state index in [1.807, 2.05) is 6.07 Å². The normalized spacial score (nSPS) is 19.8. The molecular formula is C12H16N4O2. The van der Waals surface area contributed by atoms with Crippen LogP contribution in [0.4, 0.5) is 0 Å². The Morgan fingerprint density at radius 1 is 1.50 bits per heavy atom. The van der Waals surface area contributed by atoms with Crippen LogP contribution in [-0.2, 0) is 6.54 Å². The van der Waals surface area contributed by atoms with Crippen molar-refractivity contribution in [3.63, 3.8) is 0 Å². The van der Waals surface area contributed by atoms with E-state index < -0.39 is 0 Å². The highest BCUT2D eigenvalue weighted by Crippen LogP contribution is 2.19. The average molecular weight is 248 g/mol. The fourth-order valence-electron chi connectivity index (χ4n) is 2.18. The highest BCUT2D eigenvalue weighted by atomic mass is 16.4. The first-order valence-electron chi connectivity index (χ1n) is 6.10. The molecule has 0 aliphatic carbocycles. The van der Waals surface area contributed by atoms with Gasteiger partial charge in [-0.05, 0) is 32.1 Å². The summed E-state index contributed by atoms with van der Waals surface area (Å²) in [5.41, 5.74) is 0. The van der Waals surface area contributed by atoms with Crippen molar-refractivity contribution < 1.29 is 8.83 Å². The number of nitrogens with zero attached hydrogens (tertiary/aromatic N) is 3. The number of nitrogens with one attached hydrogen (secondary N) is 1. The molecule has 3 heterocycles. The quantitative estimate of drug-likeness (QED) is 0.874. The summed E-state index contributed by atoms with van der Waals surface area (Å²) in [6.45, 7) is 2.77. The molecule has 1 unspecified atom stereocenters. The summed E-state index contributed by atoms with van der Waals surface area (Å²) in [5.74, 6) is 1.67. The fourth-order valence-corrected chi connectivity index (χ4v) is 2.18. The van der Waals surface area contributed by atoms with Gasteiger partial charge in [-0.2, -0.15) is 0 Å².